The van der Waals surface area contributed by atoms with E-state index in [1.165, 1.54) is 0 Å². The van der Waals surface area contributed by atoms with Crippen LogP contribution in [0.5, 0.6) is 0 Å². The first-order chi connectivity index (χ1) is 9.96. The van der Waals surface area contributed by atoms with E-state index in [1.807, 2.05) is 11.6 Å². The van der Waals surface area contributed by atoms with Gasteiger partial charge in [-0.1, -0.05) is 13.8 Å². The van der Waals surface area contributed by atoms with Crippen molar-refractivity contribution < 1.29 is 14.7 Å². The number of hydrogen-bond donors (Lipinski definition) is 1. The molecule has 1 unspecified atom stereocenters. The lowest BCUT2D eigenvalue weighted by Crippen LogP contribution is -2.47. The van der Waals surface area contributed by atoms with Crippen LogP contribution in [0.3, 0.4) is 0 Å². The highest BCUT2D eigenvalue weighted by Gasteiger charge is 2.47. The van der Waals surface area contributed by atoms with Gasteiger partial charge in [0.05, 0.1) is 0 Å². The molecule has 1 aromatic rings. The Hall–Kier alpha value is -1.92. The minimum Gasteiger partial charge on any atom is -0.480 e. The predicted octanol–water partition coefficient (Wildman–Crippen LogP) is 1.02. The van der Waals surface area contributed by atoms with Gasteiger partial charge in [0.25, 0.3) is 0 Å². The van der Waals surface area contributed by atoms with Crippen molar-refractivity contribution in [2.75, 3.05) is 13.1 Å². The van der Waals surface area contributed by atoms with E-state index in [0.717, 1.165) is 12.2 Å². The molecular formula is C14H22N4O3. The molecule has 1 aliphatic heterocycles. The zero-order valence-corrected chi connectivity index (χ0v) is 12.7. The summed E-state index contributed by atoms with van der Waals surface area (Å²) >= 11 is 0. The molecule has 116 valence electrons. The van der Waals surface area contributed by atoms with Crippen molar-refractivity contribution in [2.45, 2.75) is 39.0 Å². The molecule has 7 nitrogen and oxygen atoms in total. The number of nitrogens with zero attached hydrogens (tertiary/aromatic N) is 4. The molecule has 0 radical (unpaired) electrons. The number of amides is 1. The van der Waals surface area contributed by atoms with Crippen LogP contribution in [-0.4, -0.2) is 49.7 Å². The van der Waals surface area contributed by atoms with Crippen LogP contribution in [0.4, 0.5) is 0 Å². The number of aliphatic carboxylic acids is 1. The van der Waals surface area contributed by atoms with E-state index < -0.39 is 11.4 Å². The standard InChI is InChI=1S/C14H22N4O3/c1-4-14(5-2,13(20)21)12(19)18-7-6-10(8-18)11-16-15-9-17(11)3/h9-10H,4-8H2,1-3H3,(H,20,21). The van der Waals surface area contributed by atoms with Gasteiger partial charge in [-0.3, -0.25) is 9.59 Å². The third kappa shape index (κ3) is 2.52. The summed E-state index contributed by atoms with van der Waals surface area (Å²) in [5, 5.41) is 17.4. The predicted molar refractivity (Wildman–Crippen MR) is 75.6 cm³/mol. The molecule has 1 aliphatic rings. The highest BCUT2D eigenvalue weighted by Crippen LogP contribution is 2.34. The first-order valence-corrected chi connectivity index (χ1v) is 7.33. The Labute approximate surface area is 124 Å². The Kier molecular flexibility index (Phi) is 4.29. The second-order valence-corrected chi connectivity index (χ2v) is 5.63. The lowest BCUT2D eigenvalue weighted by Gasteiger charge is -2.30. The lowest BCUT2D eigenvalue weighted by molar-refractivity contribution is -0.161. The average molecular weight is 294 g/mol. The van der Waals surface area contributed by atoms with Gasteiger partial charge in [0.15, 0.2) is 0 Å². The van der Waals surface area contributed by atoms with Crippen LogP contribution in [0.25, 0.3) is 0 Å². The van der Waals surface area contributed by atoms with Crippen molar-refractivity contribution in [3.8, 4) is 0 Å². The molecule has 2 heterocycles. The maximum Gasteiger partial charge on any atom is 0.319 e. The van der Waals surface area contributed by atoms with Gasteiger partial charge in [0.1, 0.15) is 17.6 Å². The fraction of sp³-hybridized carbons (Fsp3) is 0.714. The van der Waals surface area contributed by atoms with Crippen LogP contribution in [0, 0.1) is 5.41 Å². The number of carbonyl (C=O) groups is 2. The third-order valence-electron chi connectivity index (χ3n) is 4.61. The van der Waals surface area contributed by atoms with Crippen molar-refractivity contribution in [3.05, 3.63) is 12.2 Å². The molecule has 1 saturated heterocycles. The zero-order valence-electron chi connectivity index (χ0n) is 12.7. The average Bonchev–Trinajstić information content (AvgIpc) is 3.08. The fourth-order valence-corrected chi connectivity index (χ4v) is 3.07. The molecule has 0 spiro atoms. The number of likely N-dealkylation sites (tertiary alicyclic amines) is 1. The summed E-state index contributed by atoms with van der Waals surface area (Å²) in [4.78, 5) is 25.9. The van der Waals surface area contributed by atoms with E-state index in [2.05, 4.69) is 10.2 Å². The third-order valence-corrected chi connectivity index (χ3v) is 4.61. The van der Waals surface area contributed by atoms with Gasteiger partial charge in [-0.2, -0.15) is 0 Å². The van der Waals surface area contributed by atoms with Gasteiger partial charge in [0, 0.05) is 26.1 Å². The van der Waals surface area contributed by atoms with E-state index >= 15 is 0 Å². The van der Waals surface area contributed by atoms with Crippen molar-refractivity contribution in [2.24, 2.45) is 12.5 Å². The molecule has 1 fully saturated rings. The molecule has 7 heteroatoms. The summed E-state index contributed by atoms with van der Waals surface area (Å²) in [5.41, 5.74) is -1.30. The summed E-state index contributed by atoms with van der Waals surface area (Å²) in [7, 11) is 1.87. The van der Waals surface area contributed by atoms with E-state index in [0.29, 0.717) is 25.9 Å². The molecule has 0 aromatic carbocycles. The summed E-state index contributed by atoms with van der Waals surface area (Å²) in [6, 6.07) is 0. The Morgan fingerprint density at radius 3 is 2.57 bits per heavy atom. The lowest BCUT2D eigenvalue weighted by atomic mass is 9.81. The molecule has 1 N–H and O–H groups in total. The molecule has 2 rings (SSSR count). The number of aryl methyl sites for hydroxylation is 1. The Morgan fingerprint density at radius 2 is 2.10 bits per heavy atom. The van der Waals surface area contributed by atoms with Crippen molar-refractivity contribution in [1.29, 1.82) is 0 Å². The topological polar surface area (TPSA) is 88.3 Å². The minimum atomic E-state index is -1.30. The number of rotatable bonds is 5. The monoisotopic (exact) mass is 294 g/mol. The molecule has 0 bridgehead atoms. The molecule has 21 heavy (non-hydrogen) atoms. The fourth-order valence-electron chi connectivity index (χ4n) is 3.07. The highest BCUT2D eigenvalue weighted by atomic mass is 16.4. The van der Waals surface area contributed by atoms with Crippen LogP contribution in [0.15, 0.2) is 6.33 Å². The second kappa shape index (κ2) is 5.83. The van der Waals surface area contributed by atoms with Gasteiger partial charge < -0.3 is 14.6 Å². The van der Waals surface area contributed by atoms with Gasteiger partial charge in [0.2, 0.25) is 5.91 Å². The SMILES string of the molecule is CCC(CC)(C(=O)O)C(=O)N1CCC(c2nncn2C)C1. The van der Waals surface area contributed by atoms with Gasteiger partial charge in [-0.15, -0.1) is 10.2 Å². The first kappa shape index (κ1) is 15.5. The summed E-state index contributed by atoms with van der Waals surface area (Å²) in [6.45, 7) is 4.60. The molecule has 1 aromatic heterocycles. The maximum absolute atomic E-state index is 12.7. The van der Waals surface area contributed by atoms with Crippen LogP contribution < -0.4 is 0 Å². The van der Waals surface area contributed by atoms with Gasteiger partial charge >= 0.3 is 5.97 Å². The Bertz CT molecular complexity index is 536. The zero-order chi connectivity index (χ0) is 15.6. The smallest absolute Gasteiger partial charge is 0.319 e. The van der Waals surface area contributed by atoms with Crippen LogP contribution in [0.2, 0.25) is 0 Å². The van der Waals surface area contributed by atoms with E-state index in [-0.39, 0.29) is 11.8 Å². The van der Waals surface area contributed by atoms with Crippen LogP contribution in [-0.2, 0) is 16.6 Å². The molecule has 1 atom stereocenters. The van der Waals surface area contributed by atoms with E-state index in [4.69, 9.17) is 0 Å². The number of carboxylic acid groups (broad SMARTS) is 1. The van der Waals surface area contributed by atoms with Crippen molar-refractivity contribution in [1.82, 2.24) is 19.7 Å². The van der Waals surface area contributed by atoms with E-state index in [9.17, 15) is 14.7 Å². The van der Waals surface area contributed by atoms with Gasteiger partial charge in [-0.05, 0) is 19.3 Å². The number of carbonyl (C=O) groups excluding carboxylic acids is 1. The quantitative estimate of drug-likeness (QED) is 0.819. The minimum absolute atomic E-state index is 0.127. The molecule has 0 aliphatic carbocycles. The van der Waals surface area contributed by atoms with Crippen molar-refractivity contribution in [3.63, 3.8) is 0 Å². The van der Waals surface area contributed by atoms with Crippen LogP contribution >= 0.6 is 0 Å². The first-order valence-electron chi connectivity index (χ1n) is 7.33. The molecule has 0 saturated carbocycles. The Morgan fingerprint density at radius 1 is 1.43 bits per heavy atom. The maximum atomic E-state index is 12.7. The number of carboxylic acids is 1. The molecule has 1 amide bonds. The number of hydrogen-bond acceptors (Lipinski definition) is 4. The Balaban J connectivity index is 2.15. The van der Waals surface area contributed by atoms with Crippen molar-refractivity contribution >= 4 is 11.9 Å². The number of aromatic nitrogens is 3. The van der Waals surface area contributed by atoms with Crippen LogP contribution in [0.1, 0.15) is 44.9 Å². The molecular weight excluding hydrogens is 272 g/mol. The second-order valence-electron chi connectivity index (χ2n) is 5.63. The normalized spacial score (nSPS) is 19.0. The summed E-state index contributed by atoms with van der Waals surface area (Å²) < 4.78 is 1.85. The van der Waals surface area contributed by atoms with Gasteiger partial charge in [-0.25, -0.2) is 0 Å². The summed E-state index contributed by atoms with van der Waals surface area (Å²) in [6.07, 6.45) is 3.05. The largest absolute Gasteiger partial charge is 0.480 e. The highest BCUT2D eigenvalue weighted by molar-refractivity contribution is 6.01. The van der Waals surface area contributed by atoms with E-state index in [1.54, 1.807) is 25.1 Å². The summed E-state index contributed by atoms with van der Waals surface area (Å²) in [5.74, 6) is -0.329.